The number of carbonyl (C=O) groups excluding carboxylic acids is 1. The number of aromatic nitrogens is 1. The van der Waals surface area contributed by atoms with Gasteiger partial charge < -0.3 is 0 Å². The van der Waals surface area contributed by atoms with Gasteiger partial charge in [-0.2, -0.15) is 5.26 Å². The minimum absolute atomic E-state index is 0.174. The summed E-state index contributed by atoms with van der Waals surface area (Å²) >= 11 is 7.31. The number of allylic oxidation sites excluding steroid dienone is 2. The Hall–Kier alpha value is -1.70. The second kappa shape index (κ2) is 5.59. The molecule has 0 unspecified atom stereocenters. The third-order valence-corrected chi connectivity index (χ3v) is 4.95. The number of rotatable bonds is 4. The van der Waals surface area contributed by atoms with Crippen molar-refractivity contribution in [2.75, 3.05) is 0 Å². The van der Waals surface area contributed by atoms with Crippen molar-refractivity contribution in [1.29, 1.82) is 5.26 Å². The minimum Gasteiger partial charge on any atom is -0.293 e. The topological polar surface area (TPSA) is 53.8 Å². The number of carbonyl (C=O) groups is 1. The Kier molecular flexibility index (Phi) is 3.79. The van der Waals surface area contributed by atoms with Crippen molar-refractivity contribution in [1.82, 2.24) is 4.98 Å². The number of nitrogens with zero attached hydrogens (tertiary/aromatic N) is 2. The molecule has 1 saturated carbocycles. The molecule has 0 amide bonds. The predicted octanol–water partition coefficient (Wildman–Crippen LogP) is 4.48. The summed E-state index contributed by atoms with van der Waals surface area (Å²) in [7, 11) is 0. The lowest BCUT2D eigenvalue weighted by Crippen LogP contribution is -2.08. The van der Waals surface area contributed by atoms with Crippen molar-refractivity contribution in [3.05, 3.63) is 39.9 Å². The first kappa shape index (κ1) is 14.2. The van der Waals surface area contributed by atoms with Gasteiger partial charge in [-0.3, -0.25) is 4.79 Å². The van der Waals surface area contributed by atoms with Crippen molar-refractivity contribution in [2.24, 2.45) is 5.92 Å². The Bertz CT molecular complexity index is 783. The number of hydrogen-bond donors (Lipinski definition) is 0. The van der Waals surface area contributed by atoms with Crippen LogP contribution in [-0.2, 0) is 4.79 Å². The van der Waals surface area contributed by atoms with E-state index in [9.17, 15) is 10.1 Å². The zero-order chi connectivity index (χ0) is 15.0. The molecule has 0 spiro atoms. The molecule has 1 atom stereocenters. The molecule has 1 aliphatic rings. The highest BCUT2D eigenvalue weighted by Crippen LogP contribution is 2.37. The van der Waals surface area contributed by atoms with Gasteiger partial charge in [-0.05, 0) is 50.0 Å². The molecule has 106 valence electrons. The van der Waals surface area contributed by atoms with Crippen LogP contribution in [0.25, 0.3) is 10.2 Å². The summed E-state index contributed by atoms with van der Waals surface area (Å²) in [6, 6.07) is 7.48. The van der Waals surface area contributed by atoms with E-state index in [-0.39, 0.29) is 5.78 Å². The van der Waals surface area contributed by atoms with Gasteiger partial charge in [0.2, 0.25) is 0 Å². The van der Waals surface area contributed by atoms with Crippen LogP contribution < -0.4 is 0 Å². The SMILES string of the molecule is C/C(=C/C(=O)[C@H](C#N)c1nc2cc(Cl)ccc2s1)C1CC1. The first-order valence-corrected chi connectivity index (χ1v) is 7.95. The first-order valence-electron chi connectivity index (χ1n) is 6.76. The number of thiazole rings is 1. The molecular formula is C16H13ClN2OS. The minimum atomic E-state index is -0.824. The van der Waals surface area contributed by atoms with E-state index in [1.54, 1.807) is 18.2 Å². The summed E-state index contributed by atoms with van der Waals surface area (Å²) in [6.45, 7) is 1.96. The number of hydrogen-bond acceptors (Lipinski definition) is 4. The van der Waals surface area contributed by atoms with E-state index in [1.165, 1.54) is 11.3 Å². The molecule has 1 heterocycles. The Morgan fingerprint density at radius 2 is 2.33 bits per heavy atom. The van der Waals surface area contributed by atoms with E-state index in [1.807, 2.05) is 13.0 Å². The lowest BCUT2D eigenvalue weighted by molar-refractivity contribution is -0.114. The van der Waals surface area contributed by atoms with E-state index in [0.29, 0.717) is 15.9 Å². The fourth-order valence-corrected chi connectivity index (χ4v) is 3.41. The third kappa shape index (κ3) is 2.99. The molecule has 1 fully saturated rings. The Balaban J connectivity index is 1.92. The molecule has 3 rings (SSSR count). The van der Waals surface area contributed by atoms with E-state index in [4.69, 9.17) is 11.6 Å². The number of fused-ring (bicyclic) bond motifs is 1. The van der Waals surface area contributed by atoms with E-state index < -0.39 is 5.92 Å². The third-order valence-electron chi connectivity index (χ3n) is 3.62. The van der Waals surface area contributed by atoms with Crippen molar-refractivity contribution < 1.29 is 4.79 Å². The van der Waals surface area contributed by atoms with Crippen molar-refractivity contribution in [3.63, 3.8) is 0 Å². The number of nitriles is 1. The van der Waals surface area contributed by atoms with Gasteiger partial charge in [-0.1, -0.05) is 17.2 Å². The lowest BCUT2D eigenvalue weighted by atomic mass is 10.0. The average Bonchev–Trinajstić information content (AvgIpc) is 3.21. The van der Waals surface area contributed by atoms with Gasteiger partial charge >= 0.3 is 0 Å². The van der Waals surface area contributed by atoms with Gasteiger partial charge in [0, 0.05) is 5.02 Å². The summed E-state index contributed by atoms with van der Waals surface area (Å²) in [6.07, 6.45) is 3.91. The predicted molar refractivity (Wildman–Crippen MR) is 84.5 cm³/mol. The Morgan fingerprint density at radius 1 is 1.57 bits per heavy atom. The van der Waals surface area contributed by atoms with Crippen LogP contribution in [0.5, 0.6) is 0 Å². The highest BCUT2D eigenvalue weighted by atomic mass is 35.5. The monoisotopic (exact) mass is 316 g/mol. The smallest absolute Gasteiger partial charge is 0.179 e. The summed E-state index contributed by atoms with van der Waals surface area (Å²) in [4.78, 5) is 16.7. The molecule has 1 aromatic heterocycles. The number of benzene rings is 1. The molecular weight excluding hydrogens is 304 g/mol. The molecule has 3 nitrogen and oxygen atoms in total. The molecule has 1 aliphatic carbocycles. The Labute approximate surface area is 131 Å². The van der Waals surface area contributed by atoms with Gasteiger partial charge in [-0.25, -0.2) is 4.98 Å². The zero-order valence-corrected chi connectivity index (χ0v) is 13.0. The van der Waals surface area contributed by atoms with Gasteiger partial charge in [0.05, 0.1) is 16.3 Å². The maximum absolute atomic E-state index is 12.3. The number of ketones is 1. The molecule has 2 aromatic rings. The molecule has 0 radical (unpaired) electrons. The fraction of sp³-hybridized carbons (Fsp3) is 0.312. The molecule has 0 aliphatic heterocycles. The van der Waals surface area contributed by atoms with Crippen LogP contribution >= 0.6 is 22.9 Å². The van der Waals surface area contributed by atoms with Gasteiger partial charge in [-0.15, -0.1) is 11.3 Å². The second-order valence-corrected chi connectivity index (χ2v) is 6.79. The highest BCUT2D eigenvalue weighted by Gasteiger charge is 2.27. The first-order chi connectivity index (χ1) is 10.1. The van der Waals surface area contributed by atoms with Crippen LogP contribution in [0.3, 0.4) is 0 Å². The summed E-state index contributed by atoms with van der Waals surface area (Å²) in [5.74, 6) is -0.468. The molecule has 1 aromatic carbocycles. The van der Waals surface area contributed by atoms with Crippen LogP contribution in [-0.4, -0.2) is 10.8 Å². The van der Waals surface area contributed by atoms with Crippen molar-refractivity contribution in [2.45, 2.75) is 25.7 Å². The van der Waals surface area contributed by atoms with Crippen LogP contribution in [0.1, 0.15) is 30.7 Å². The van der Waals surface area contributed by atoms with Crippen LogP contribution in [0, 0.1) is 17.2 Å². The quantitative estimate of drug-likeness (QED) is 0.781. The maximum atomic E-state index is 12.3. The molecule has 0 N–H and O–H groups in total. The van der Waals surface area contributed by atoms with Crippen LogP contribution in [0.2, 0.25) is 5.02 Å². The standard InChI is InChI=1S/C16H13ClN2OS/c1-9(10-2-3-10)6-14(20)12(8-18)16-19-13-7-11(17)4-5-15(13)21-16/h4-7,10,12H,2-3H2,1H3/b9-6-/t12-/m0/s1. The van der Waals surface area contributed by atoms with E-state index >= 15 is 0 Å². The van der Waals surface area contributed by atoms with Gasteiger partial charge in [0.15, 0.2) is 11.7 Å². The fourth-order valence-electron chi connectivity index (χ4n) is 2.25. The van der Waals surface area contributed by atoms with Crippen molar-refractivity contribution >= 4 is 38.9 Å². The second-order valence-electron chi connectivity index (χ2n) is 5.29. The van der Waals surface area contributed by atoms with Crippen molar-refractivity contribution in [3.8, 4) is 6.07 Å². The molecule has 0 bridgehead atoms. The zero-order valence-electron chi connectivity index (χ0n) is 11.5. The summed E-state index contributed by atoms with van der Waals surface area (Å²) in [5, 5.41) is 10.5. The summed E-state index contributed by atoms with van der Waals surface area (Å²) in [5.41, 5.74) is 1.81. The lowest BCUT2D eigenvalue weighted by Gasteiger charge is -2.02. The van der Waals surface area contributed by atoms with E-state index in [0.717, 1.165) is 28.6 Å². The largest absolute Gasteiger partial charge is 0.293 e. The van der Waals surface area contributed by atoms with E-state index in [2.05, 4.69) is 11.1 Å². The molecule has 5 heteroatoms. The van der Waals surface area contributed by atoms with Gasteiger partial charge in [0.25, 0.3) is 0 Å². The maximum Gasteiger partial charge on any atom is 0.179 e. The number of halogens is 1. The van der Waals surface area contributed by atoms with Gasteiger partial charge in [0.1, 0.15) is 5.01 Å². The highest BCUT2D eigenvalue weighted by molar-refractivity contribution is 7.18. The normalized spacial score (nSPS) is 16.7. The molecule has 0 saturated heterocycles. The summed E-state index contributed by atoms with van der Waals surface area (Å²) < 4.78 is 0.936. The average molecular weight is 317 g/mol. The Morgan fingerprint density at radius 3 is 3.00 bits per heavy atom. The van der Waals surface area contributed by atoms with Crippen LogP contribution in [0.4, 0.5) is 0 Å². The van der Waals surface area contributed by atoms with Crippen LogP contribution in [0.15, 0.2) is 29.8 Å². The molecule has 21 heavy (non-hydrogen) atoms.